The Morgan fingerprint density at radius 2 is 2.14 bits per heavy atom. The van der Waals surface area contributed by atoms with Crippen molar-refractivity contribution in [3.8, 4) is 0 Å². The Bertz CT molecular complexity index is 403. The van der Waals surface area contributed by atoms with Crippen LogP contribution in [0.2, 0.25) is 0 Å². The van der Waals surface area contributed by atoms with E-state index in [0.29, 0.717) is 0 Å². The maximum Gasteiger partial charge on any atom is 0.218 e. The topological polar surface area (TPSA) is 29.1 Å². The molecule has 14 heavy (non-hydrogen) atoms. The van der Waals surface area contributed by atoms with Crippen LogP contribution in [0.5, 0.6) is 0 Å². The van der Waals surface area contributed by atoms with Crippen LogP contribution < -0.4 is 5.32 Å². The summed E-state index contributed by atoms with van der Waals surface area (Å²) in [6.45, 7) is 3.79. The van der Waals surface area contributed by atoms with Crippen LogP contribution in [0.15, 0.2) is 27.6 Å². The Hall–Kier alpha value is -0.480. The Morgan fingerprint density at radius 3 is 2.86 bits per heavy atom. The molecule has 1 aromatic rings. The number of fused-ring (bicyclic) bond motifs is 1. The van der Waals surface area contributed by atoms with Crippen LogP contribution in [0.4, 0.5) is 5.69 Å². The van der Waals surface area contributed by atoms with Gasteiger partial charge in [0.1, 0.15) is 5.54 Å². The van der Waals surface area contributed by atoms with E-state index in [4.69, 9.17) is 0 Å². The fourth-order valence-corrected chi connectivity index (χ4v) is 2.53. The van der Waals surface area contributed by atoms with E-state index in [9.17, 15) is 4.79 Å². The minimum Gasteiger partial charge on any atom is -0.372 e. The molecule has 4 heteroatoms. The normalized spacial score (nSPS) is 18.6. The molecule has 1 aromatic carbocycles. The van der Waals surface area contributed by atoms with Crippen LogP contribution in [-0.2, 0) is 4.79 Å². The van der Waals surface area contributed by atoms with E-state index in [2.05, 4.69) is 21.2 Å². The van der Waals surface area contributed by atoms with E-state index in [0.717, 1.165) is 15.1 Å². The molecule has 0 radical (unpaired) electrons. The quantitative estimate of drug-likeness (QED) is 0.785. The Kier molecular flexibility index (Phi) is 2.35. The highest BCUT2D eigenvalue weighted by Gasteiger charge is 2.33. The van der Waals surface area contributed by atoms with Crippen molar-refractivity contribution in [3.63, 3.8) is 0 Å². The number of carbonyl (C=O) groups is 1. The van der Waals surface area contributed by atoms with Gasteiger partial charge in [0.05, 0.1) is 5.69 Å². The van der Waals surface area contributed by atoms with E-state index >= 15 is 0 Å². The van der Waals surface area contributed by atoms with Crippen molar-refractivity contribution < 1.29 is 4.79 Å². The van der Waals surface area contributed by atoms with Gasteiger partial charge in [-0.1, -0.05) is 15.9 Å². The van der Waals surface area contributed by atoms with Crippen LogP contribution in [0, 0.1) is 0 Å². The van der Waals surface area contributed by atoms with Gasteiger partial charge in [-0.3, -0.25) is 4.79 Å². The summed E-state index contributed by atoms with van der Waals surface area (Å²) < 4.78 is 1.02. The second kappa shape index (κ2) is 3.28. The number of nitrogens with one attached hydrogen (secondary N) is 1. The minimum absolute atomic E-state index is 0.160. The first-order valence-electron chi connectivity index (χ1n) is 4.29. The summed E-state index contributed by atoms with van der Waals surface area (Å²) in [5.74, 6) is 0. The third-order valence-corrected chi connectivity index (χ3v) is 3.87. The summed E-state index contributed by atoms with van der Waals surface area (Å²) in [5, 5.41) is 3.39. The third kappa shape index (κ3) is 1.68. The van der Waals surface area contributed by atoms with Crippen LogP contribution in [-0.4, -0.2) is 10.7 Å². The van der Waals surface area contributed by atoms with Gasteiger partial charge in [-0.25, -0.2) is 0 Å². The smallest absolute Gasteiger partial charge is 0.218 e. The fourth-order valence-electron chi connectivity index (χ4n) is 1.30. The second-order valence-electron chi connectivity index (χ2n) is 3.78. The third-order valence-electron chi connectivity index (χ3n) is 2.10. The van der Waals surface area contributed by atoms with Gasteiger partial charge in [0.15, 0.2) is 0 Å². The van der Waals surface area contributed by atoms with Crippen molar-refractivity contribution in [1.29, 1.82) is 0 Å². The molecular formula is C10H10BrNOS. The molecule has 1 aliphatic heterocycles. The molecule has 74 valence electrons. The molecule has 0 aliphatic carbocycles. The molecule has 0 atom stereocenters. The summed E-state index contributed by atoms with van der Waals surface area (Å²) in [7, 11) is 0. The van der Waals surface area contributed by atoms with Crippen LogP contribution in [0.1, 0.15) is 13.8 Å². The van der Waals surface area contributed by atoms with Gasteiger partial charge < -0.3 is 5.32 Å². The van der Waals surface area contributed by atoms with E-state index in [1.165, 1.54) is 11.8 Å². The Labute approximate surface area is 95.6 Å². The lowest BCUT2D eigenvalue weighted by Crippen LogP contribution is -2.40. The predicted molar refractivity (Wildman–Crippen MR) is 62.7 cm³/mol. The average molecular weight is 272 g/mol. The van der Waals surface area contributed by atoms with Crippen molar-refractivity contribution in [2.75, 3.05) is 5.32 Å². The largest absolute Gasteiger partial charge is 0.372 e. The van der Waals surface area contributed by atoms with Crippen LogP contribution in [0.25, 0.3) is 0 Å². The Morgan fingerprint density at radius 1 is 1.43 bits per heavy atom. The fraction of sp³-hybridized carbons (Fsp3) is 0.300. The van der Waals surface area contributed by atoms with Gasteiger partial charge >= 0.3 is 0 Å². The average Bonchev–Trinajstić information content (AvgIpc) is 2.07. The summed E-state index contributed by atoms with van der Waals surface area (Å²) >= 11 is 4.71. The minimum atomic E-state index is -0.474. The zero-order valence-electron chi connectivity index (χ0n) is 7.93. The number of thioether (sulfide) groups is 1. The van der Waals surface area contributed by atoms with Crippen molar-refractivity contribution in [1.82, 2.24) is 0 Å². The van der Waals surface area contributed by atoms with Gasteiger partial charge in [-0.2, -0.15) is 0 Å². The molecule has 0 bridgehead atoms. The molecule has 0 aromatic heterocycles. The summed E-state index contributed by atoms with van der Waals surface area (Å²) in [5.41, 5.74) is 0.548. The van der Waals surface area contributed by atoms with Crippen LogP contribution >= 0.6 is 27.7 Å². The van der Waals surface area contributed by atoms with Crippen LogP contribution in [0.3, 0.4) is 0 Å². The lowest BCUT2D eigenvalue weighted by atomic mass is 10.1. The van der Waals surface area contributed by atoms with Gasteiger partial charge in [0.2, 0.25) is 5.12 Å². The molecule has 0 fully saturated rings. The molecule has 1 aliphatic rings. The summed E-state index contributed by atoms with van der Waals surface area (Å²) in [4.78, 5) is 12.6. The molecule has 2 nitrogen and oxygen atoms in total. The first-order valence-corrected chi connectivity index (χ1v) is 5.90. The first-order chi connectivity index (χ1) is 6.49. The number of carbonyl (C=O) groups excluding carboxylic acids is 1. The number of benzene rings is 1. The van der Waals surface area contributed by atoms with E-state index < -0.39 is 5.54 Å². The van der Waals surface area contributed by atoms with E-state index in [1.54, 1.807) is 0 Å². The number of anilines is 1. The highest BCUT2D eigenvalue weighted by Crippen LogP contribution is 2.39. The molecule has 1 N–H and O–H groups in total. The highest BCUT2D eigenvalue weighted by atomic mass is 79.9. The molecule has 1 heterocycles. The van der Waals surface area contributed by atoms with Crippen molar-refractivity contribution >= 4 is 38.5 Å². The van der Waals surface area contributed by atoms with Gasteiger partial charge in [0, 0.05) is 9.37 Å². The van der Waals surface area contributed by atoms with Crippen molar-refractivity contribution in [2.24, 2.45) is 0 Å². The van der Waals surface area contributed by atoms with Gasteiger partial charge in [-0.15, -0.1) is 0 Å². The molecule has 2 rings (SSSR count). The molecule has 0 spiro atoms. The number of hydrogen-bond donors (Lipinski definition) is 1. The van der Waals surface area contributed by atoms with Crippen molar-refractivity contribution in [3.05, 3.63) is 22.7 Å². The van der Waals surface area contributed by atoms with Gasteiger partial charge in [-0.05, 0) is 43.8 Å². The lowest BCUT2D eigenvalue weighted by Gasteiger charge is -2.31. The number of halogens is 1. The zero-order chi connectivity index (χ0) is 10.3. The molecule has 0 amide bonds. The summed E-state index contributed by atoms with van der Waals surface area (Å²) in [6, 6.07) is 5.89. The van der Waals surface area contributed by atoms with E-state index in [1.807, 2.05) is 32.0 Å². The highest BCUT2D eigenvalue weighted by molar-refractivity contribution is 9.10. The molecule has 0 saturated heterocycles. The molecular weight excluding hydrogens is 262 g/mol. The lowest BCUT2D eigenvalue weighted by molar-refractivity contribution is -0.114. The monoisotopic (exact) mass is 271 g/mol. The van der Waals surface area contributed by atoms with Crippen molar-refractivity contribution in [2.45, 2.75) is 24.3 Å². The predicted octanol–water partition coefficient (Wildman–Crippen LogP) is 3.27. The zero-order valence-corrected chi connectivity index (χ0v) is 10.3. The Balaban J connectivity index is 2.46. The summed E-state index contributed by atoms with van der Waals surface area (Å²) in [6.07, 6.45) is 0. The van der Waals surface area contributed by atoms with Gasteiger partial charge in [0.25, 0.3) is 0 Å². The maximum absolute atomic E-state index is 11.7. The SMILES string of the molecule is CC1(C)Nc2cc(Br)ccc2SC1=O. The molecule has 0 saturated carbocycles. The maximum atomic E-state index is 11.7. The molecule has 0 unspecified atom stereocenters. The number of rotatable bonds is 0. The number of hydrogen-bond acceptors (Lipinski definition) is 3. The first kappa shape index (κ1) is 10.1. The standard InChI is InChI=1S/C10H10BrNOS/c1-10(2)9(13)14-8-4-3-6(11)5-7(8)12-10/h3-5,12H,1-2H3. The second-order valence-corrected chi connectivity index (χ2v) is 5.71. The van der Waals surface area contributed by atoms with E-state index in [-0.39, 0.29) is 5.12 Å².